The number of aliphatic imine (C=N–C) groups is 1. The van der Waals surface area contributed by atoms with Crippen LogP contribution in [0.2, 0.25) is 0 Å². The van der Waals surface area contributed by atoms with E-state index in [-0.39, 0.29) is 42.1 Å². The minimum Gasteiger partial charge on any atom is -0.388 e. The Bertz CT molecular complexity index is 297. The van der Waals surface area contributed by atoms with E-state index < -0.39 is 0 Å². The van der Waals surface area contributed by atoms with Crippen LogP contribution in [0.1, 0.15) is 5.56 Å². The van der Waals surface area contributed by atoms with Crippen molar-refractivity contribution < 1.29 is 42.1 Å². The Kier molecular flexibility index (Phi) is 4.97. The number of amidine groups is 1. The van der Waals surface area contributed by atoms with Gasteiger partial charge in [0, 0.05) is 48.6 Å². The second-order valence-corrected chi connectivity index (χ2v) is 2.31. The van der Waals surface area contributed by atoms with Crippen LogP contribution in [0.4, 0.5) is 5.69 Å². The molecular formula is C8H7N2W2-. The molecular weight excluding hydrogens is 492 g/mol. The van der Waals surface area contributed by atoms with Gasteiger partial charge in [-0.05, 0) is 5.69 Å². The third-order valence-corrected chi connectivity index (χ3v) is 1.54. The topological polar surface area (TPSA) is 38.4 Å². The van der Waals surface area contributed by atoms with Gasteiger partial charge in [-0.3, -0.25) is 0 Å². The monoisotopic (exact) mass is 499 g/mol. The summed E-state index contributed by atoms with van der Waals surface area (Å²) in [4.78, 5) is 4.12. The molecule has 0 atom stereocenters. The second-order valence-electron chi connectivity index (χ2n) is 2.31. The van der Waals surface area contributed by atoms with Crippen molar-refractivity contribution in [2.75, 3.05) is 0 Å². The van der Waals surface area contributed by atoms with Crippen molar-refractivity contribution in [1.29, 1.82) is 0 Å². The molecule has 0 aromatic heterocycles. The third kappa shape index (κ3) is 2.28. The molecule has 1 aliphatic heterocycles. The van der Waals surface area contributed by atoms with Gasteiger partial charge in [-0.25, -0.2) is 0 Å². The molecule has 2 rings (SSSR count). The zero-order chi connectivity index (χ0) is 6.97. The van der Waals surface area contributed by atoms with Crippen molar-refractivity contribution in [2.45, 2.75) is 6.42 Å². The van der Waals surface area contributed by atoms with Gasteiger partial charge in [-0.15, -0.1) is 11.6 Å². The predicted octanol–water partition coefficient (Wildman–Crippen LogP) is 1.03. The van der Waals surface area contributed by atoms with Crippen LogP contribution in [0.15, 0.2) is 23.2 Å². The van der Waals surface area contributed by atoms with E-state index in [0.717, 1.165) is 17.7 Å². The van der Waals surface area contributed by atoms with Gasteiger partial charge in [0.1, 0.15) is 0 Å². The molecule has 62 valence electrons. The number of benzene rings is 1. The van der Waals surface area contributed by atoms with Crippen LogP contribution in [0, 0.1) is 6.07 Å². The molecule has 0 radical (unpaired) electrons. The first-order chi connectivity index (χ1) is 4.86. The zero-order valence-electron chi connectivity index (χ0n) is 6.28. The van der Waals surface area contributed by atoms with Crippen LogP contribution in [-0.4, -0.2) is 5.84 Å². The molecule has 0 fully saturated rings. The summed E-state index contributed by atoms with van der Waals surface area (Å²) in [6, 6.07) is 8.83. The number of nitrogens with zero attached hydrogens (tertiary/aromatic N) is 1. The number of hydrogen-bond donors (Lipinski definition) is 1. The first-order valence-corrected chi connectivity index (χ1v) is 3.19. The minimum atomic E-state index is 0. The number of rotatable bonds is 0. The molecule has 0 saturated heterocycles. The molecule has 0 unspecified atom stereocenters. The maximum Gasteiger partial charge on any atom is 0.0884 e. The van der Waals surface area contributed by atoms with Crippen LogP contribution in [0.25, 0.3) is 0 Å². The molecule has 4 heteroatoms. The average Bonchev–Trinajstić information content (AvgIpc) is 2.27. The normalized spacial score (nSPS) is 12.2. The summed E-state index contributed by atoms with van der Waals surface area (Å²) < 4.78 is 0. The Balaban J connectivity index is 0.000000605. The van der Waals surface area contributed by atoms with E-state index in [1.807, 2.05) is 18.2 Å². The van der Waals surface area contributed by atoms with Gasteiger partial charge in [-0.2, -0.15) is 18.2 Å². The molecule has 2 nitrogen and oxygen atoms in total. The van der Waals surface area contributed by atoms with Gasteiger partial charge in [0.25, 0.3) is 0 Å². The molecule has 1 heterocycles. The molecule has 0 aliphatic carbocycles. The van der Waals surface area contributed by atoms with Gasteiger partial charge in [-0.1, -0.05) is 0 Å². The maximum absolute atomic E-state index is 5.52. The number of fused-ring (bicyclic) bond motifs is 1. The fourth-order valence-electron chi connectivity index (χ4n) is 1.08. The van der Waals surface area contributed by atoms with Crippen molar-refractivity contribution in [3.8, 4) is 0 Å². The number of nitrogens with two attached hydrogens (primary N) is 1. The summed E-state index contributed by atoms with van der Waals surface area (Å²) in [6.45, 7) is 0. The SMILES string of the molecule is NC1=Nc2ccc[c-]c2C1.[W].[W]. The molecule has 0 amide bonds. The molecule has 1 aliphatic rings. The Hall–Kier alpha value is 0.0666. The Morgan fingerprint density at radius 2 is 2.17 bits per heavy atom. The summed E-state index contributed by atoms with van der Waals surface area (Å²) in [5.41, 5.74) is 7.60. The van der Waals surface area contributed by atoms with Gasteiger partial charge < -0.3 is 10.7 Å². The fourth-order valence-corrected chi connectivity index (χ4v) is 1.08. The maximum atomic E-state index is 5.52. The van der Waals surface area contributed by atoms with Crippen LogP contribution in [0.3, 0.4) is 0 Å². The van der Waals surface area contributed by atoms with Crippen molar-refractivity contribution >= 4 is 11.5 Å². The summed E-state index contributed by atoms with van der Waals surface area (Å²) in [5.74, 6) is 0.692. The molecule has 0 bridgehead atoms. The predicted molar refractivity (Wildman–Crippen MR) is 40.3 cm³/mol. The van der Waals surface area contributed by atoms with Crippen molar-refractivity contribution in [3.05, 3.63) is 29.8 Å². The smallest absolute Gasteiger partial charge is 0.0884 e. The fraction of sp³-hybridized carbons (Fsp3) is 0.125. The summed E-state index contributed by atoms with van der Waals surface area (Å²) in [6.07, 6.45) is 0.760. The quantitative estimate of drug-likeness (QED) is 0.533. The van der Waals surface area contributed by atoms with Gasteiger partial charge in [0.15, 0.2) is 0 Å². The van der Waals surface area contributed by atoms with E-state index in [9.17, 15) is 0 Å². The molecule has 1 aromatic rings. The van der Waals surface area contributed by atoms with Gasteiger partial charge >= 0.3 is 0 Å². The third-order valence-electron chi connectivity index (χ3n) is 1.54. The van der Waals surface area contributed by atoms with Crippen LogP contribution >= 0.6 is 0 Å². The van der Waals surface area contributed by atoms with Crippen molar-refractivity contribution in [1.82, 2.24) is 0 Å². The van der Waals surface area contributed by atoms with Crippen LogP contribution in [-0.2, 0) is 48.6 Å². The van der Waals surface area contributed by atoms with Gasteiger partial charge in [0.2, 0.25) is 0 Å². The standard InChI is InChI=1S/C8H7N2.2W/c9-8-5-6-3-1-2-4-7(6)10-8;;/h1-2,4H,5H2,(H2,9,10);;/q-1;;. The Morgan fingerprint density at radius 3 is 2.83 bits per heavy atom. The first kappa shape index (κ1) is 12.1. The van der Waals surface area contributed by atoms with E-state index in [1.54, 1.807) is 0 Å². The van der Waals surface area contributed by atoms with E-state index >= 15 is 0 Å². The average molecular weight is 499 g/mol. The Morgan fingerprint density at radius 1 is 1.42 bits per heavy atom. The largest absolute Gasteiger partial charge is 0.388 e. The summed E-state index contributed by atoms with van der Waals surface area (Å²) >= 11 is 0. The summed E-state index contributed by atoms with van der Waals surface area (Å²) in [7, 11) is 0. The van der Waals surface area contributed by atoms with E-state index in [0.29, 0.717) is 5.84 Å². The molecule has 1 aromatic carbocycles. The molecule has 0 spiro atoms. The van der Waals surface area contributed by atoms with Crippen molar-refractivity contribution in [2.24, 2.45) is 10.7 Å². The first-order valence-electron chi connectivity index (χ1n) is 3.19. The van der Waals surface area contributed by atoms with Crippen LogP contribution in [0.5, 0.6) is 0 Å². The summed E-state index contributed by atoms with van der Waals surface area (Å²) in [5, 5.41) is 0. The van der Waals surface area contributed by atoms with E-state index in [4.69, 9.17) is 5.73 Å². The number of hydrogen-bond acceptors (Lipinski definition) is 2. The zero-order valence-corrected chi connectivity index (χ0v) is 12.1. The minimum absolute atomic E-state index is 0. The Labute approximate surface area is 100 Å². The van der Waals surface area contributed by atoms with Crippen molar-refractivity contribution in [3.63, 3.8) is 0 Å². The van der Waals surface area contributed by atoms with E-state index in [1.165, 1.54) is 0 Å². The molecule has 2 N–H and O–H groups in total. The van der Waals surface area contributed by atoms with E-state index in [2.05, 4.69) is 11.1 Å². The molecule has 0 saturated carbocycles. The second kappa shape index (κ2) is 4.94. The van der Waals surface area contributed by atoms with Crippen LogP contribution < -0.4 is 5.73 Å². The van der Waals surface area contributed by atoms with Gasteiger partial charge in [0.05, 0.1) is 5.84 Å². The molecule has 12 heavy (non-hydrogen) atoms.